The standard InChI is InChI=1S/C34H34N2S/c1-5-14-29(15-6-1)24-35(25-30-16-7-2-8-17-30)28-34(32-20-11-4-12-21-32)36(27-33-22-13-23-37-33)26-31-18-9-3-10-19-31/h1-23,34H,24-28H2/t34-/m0/s1. The van der Waals surface area contributed by atoms with Gasteiger partial charge in [-0.2, -0.15) is 0 Å². The van der Waals surface area contributed by atoms with E-state index in [-0.39, 0.29) is 6.04 Å². The van der Waals surface area contributed by atoms with E-state index in [2.05, 4.69) is 149 Å². The Hall–Kier alpha value is -3.50. The summed E-state index contributed by atoms with van der Waals surface area (Å²) in [7, 11) is 0. The molecule has 0 saturated carbocycles. The molecule has 0 saturated heterocycles. The Morgan fingerprint density at radius 2 is 0.973 bits per heavy atom. The number of thiophene rings is 1. The van der Waals surface area contributed by atoms with Gasteiger partial charge in [0.2, 0.25) is 0 Å². The molecule has 0 spiro atoms. The average molecular weight is 503 g/mol. The zero-order chi connectivity index (χ0) is 25.1. The second-order valence-electron chi connectivity index (χ2n) is 9.54. The monoisotopic (exact) mass is 502 g/mol. The van der Waals surface area contributed by atoms with Crippen LogP contribution in [0.5, 0.6) is 0 Å². The van der Waals surface area contributed by atoms with Gasteiger partial charge in [0.1, 0.15) is 0 Å². The lowest BCUT2D eigenvalue weighted by atomic mass is 10.0. The van der Waals surface area contributed by atoms with Crippen LogP contribution in [0.4, 0.5) is 0 Å². The first-order chi connectivity index (χ1) is 18.3. The van der Waals surface area contributed by atoms with Crippen molar-refractivity contribution in [3.8, 4) is 0 Å². The summed E-state index contributed by atoms with van der Waals surface area (Å²) in [6.07, 6.45) is 0. The largest absolute Gasteiger partial charge is 0.293 e. The third-order valence-electron chi connectivity index (χ3n) is 6.72. The molecule has 3 heteroatoms. The van der Waals surface area contributed by atoms with E-state index in [1.165, 1.54) is 27.1 Å². The van der Waals surface area contributed by atoms with Crippen molar-refractivity contribution >= 4 is 11.3 Å². The number of rotatable bonds is 12. The molecule has 1 atom stereocenters. The first-order valence-corrected chi connectivity index (χ1v) is 13.9. The highest BCUT2D eigenvalue weighted by Gasteiger charge is 2.24. The summed E-state index contributed by atoms with van der Waals surface area (Å²) >= 11 is 1.84. The molecular formula is C34H34N2S. The summed E-state index contributed by atoms with van der Waals surface area (Å²) < 4.78 is 0. The summed E-state index contributed by atoms with van der Waals surface area (Å²) in [6.45, 7) is 4.60. The van der Waals surface area contributed by atoms with Gasteiger partial charge in [-0.25, -0.2) is 0 Å². The van der Waals surface area contributed by atoms with E-state index in [0.29, 0.717) is 0 Å². The Morgan fingerprint density at radius 3 is 1.46 bits per heavy atom. The van der Waals surface area contributed by atoms with Gasteiger partial charge in [-0.15, -0.1) is 11.3 Å². The Kier molecular flexibility index (Phi) is 8.95. The van der Waals surface area contributed by atoms with Crippen LogP contribution in [0, 0.1) is 0 Å². The van der Waals surface area contributed by atoms with Crippen molar-refractivity contribution in [2.24, 2.45) is 0 Å². The van der Waals surface area contributed by atoms with Crippen LogP contribution in [0.15, 0.2) is 139 Å². The van der Waals surface area contributed by atoms with Crippen LogP contribution >= 0.6 is 11.3 Å². The molecule has 0 unspecified atom stereocenters. The summed E-state index contributed by atoms with van der Waals surface area (Å²) in [5.74, 6) is 0. The fourth-order valence-corrected chi connectivity index (χ4v) is 5.65. The molecule has 4 aromatic carbocycles. The summed E-state index contributed by atoms with van der Waals surface area (Å²) in [6, 6.07) is 48.3. The topological polar surface area (TPSA) is 6.48 Å². The number of nitrogens with zero attached hydrogens (tertiary/aromatic N) is 2. The van der Waals surface area contributed by atoms with Crippen LogP contribution < -0.4 is 0 Å². The van der Waals surface area contributed by atoms with E-state index in [9.17, 15) is 0 Å². The van der Waals surface area contributed by atoms with E-state index in [1.54, 1.807) is 0 Å². The predicted octanol–water partition coefficient (Wildman–Crippen LogP) is 8.19. The molecule has 0 aliphatic carbocycles. The maximum Gasteiger partial charge on any atom is 0.0482 e. The van der Waals surface area contributed by atoms with E-state index in [1.807, 2.05) is 11.3 Å². The minimum Gasteiger partial charge on any atom is -0.293 e. The van der Waals surface area contributed by atoms with Crippen LogP contribution in [0.25, 0.3) is 0 Å². The van der Waals surface area contributed by atoms with Crippen molar-refractivity contribution in [1.29, 1.82) is 0 Å². The molecule has 0 N–H and O–H groups in total. The minimum absolute atomic E-state index is 0.246. The summed E-state index contributed by atoms with van der Waals surface area (Å²) in [5, 5.41) is 2.19. The van der Waals surface area contributed by atoms with Crippen molar-refractivity contribution in [2.75, 3.05) is 6.54 Å². The fraction of sp³-hybridized carbons (Fsp3) is 0.176. The Labute approximate surface area is 225 Å². The molecule has 37 heavy (non-hydrogen) atoms. The second-order valence-corrected chi connectivity index (χ2v) is 10.6. The number of hydrogen-bond donors (Lipinski definition) is 0. The lowest BCUT2D eigenvalue weighted by Gasteiger charge is -2.36. The summed E-state index contributed by atoms with van der Waals surface area (Å²) in [5.41, 5.74) is 5.40. The van der Waals surface area contributed by atoms with Gasteiger partial charge >= 0.3 is 0 Å². The van der Waals surface area contributed by atoms with Crippen LogP contribution in [0.1, 0.15) is 33.2 Å². The maximum absolute atomic E-state index is 2.65. The second kappa shape index (κ2) is 13.2. The zero-order valence-electron chi connectivity index (χ0n) is 21.2. The molecule has 2 nitrogen and oxygen atoms in total. The zero-order valence-corrected chi connectivity index (χ0v) is 22.0. The molecule has 0 aliphatic rings. The smallest absolute Gasteiger partial charge is 0.0482 e. The normalized spacial score (nSPS) is 12.2. The lowest BCUT2D eigenvalue weighted by molar-refractivity contribution is 0.117. The molecule has 5 rings (SSSR count). The summed E-state index contributed by atoms with van der Waals surface area (Å²) in [4.78, 5) is 6.66. The Morgan fingerprint density at radius 1 is 0.486 bits per heavy atom. The van der Waals surface area contributed by atoms with Crippen LogP contribution in [-0.4, -0.2) is 16.3 Å². The lowest BCUT2D eigenvalue weighted by Crippen LogP contribution is -2.37. The van der Waals surface area contributed by atoms with Gasteiger partial charge in [0, 0.05) is 43.6 Å². The van der Waals surface area contributed by atoms with Gasteiger partial charge in [-0.3, -0.25) is 9.80 Å². The number of hydrogen-bond acceptors (Lipinski definition) is 3. The SMILES string of the molecule is c1ccc(CN(Cc2ccccc2)C[C@@H](c2ccccc2)N(Cc2ccccc2)Cc2cccs2)cc1. The highest BCUT2D eigenvalue weighted by molar-refractivity contribution is 7.09. The van der Waals surface area contributed by atoms with Crippen LogP contribution in [0.3, 0.4) is 0 Å². The molecular weight excluding hydrogens is 468 g/mol. The van der Waals surface area contributed by atoms with Crippen LogP contribution in [-0.2, 0) is 26.2 Å². The third-order valence-corrected chi connectivity index (χ3v) is 7.58. The van der Waals surface area contributed by atoms with E-state index < -0.39 is 0 Å². The van der Waals surface area contributed by atoms with Crippen molar-refractivity contribution < 1.29 is 0 Å². The van der Waals surface area contributed by atoms with Crippen molar-refractivity contribution in [1.82, 2.24) is 9.80 Å². The first kappa shape index (κ1) is 25.2. The first-order valence-electron chi connectivity index (χ1n) is 13.0. The predicted molar refractivity (Wildman–Crippen MR) is 156 cm³/mol. The highest BCUT2D eigenvalue weighted by atomic mass is 32.1. The molecule has 186 valence electrons. The van der Waals surface area contributed by atoms with Crippen LogP contribution in [0.2, 0.25) is 0 Å². The quantitative estimate of drug-likeness (QED) is 0.170. The van der Waals surface area contributed by atoms with Gasteiger partial charge in [0.05, 0.1) is 0 Å². The van der Waals surface area contributed by atoms with E-state index in [4.69, 9.17) is 0 Å². The molecule has 0 radical (unpaired) electrons. The van der Waals surface area contributed by atoms with Gasteiger partial charge in [-0.05, 0) is 33.7 Å². The van der Waals surface area contributed by atoms with Crippen molar-refractivity contribution in [2.45, 2.75) is 32.2 Å². The fourth-order valence-electron chi connectivity index (χ4n) is 4.92. The highest BCUT2D eigenvalue weighted by Crippen LogP contribution is 2.29. The molecule has 1 aromatic heterocycles. The van der Waals surface area contributed by atoms with Gasteiger partial charge in [-0.1, -0.05) is 127 Å². The van der Waals surface area contributed by atoms with Gasteiger partial charge < -0.3 is 0 Å². The van der Waals surface area contributed by atoms with Crippen molar-refractivity contribution in [3.63, 3.8) is 0 Å². The minimum atomic E-state index is 0.246. The Balaban J connectivity index is 1.49. The third kappa shape index (κ3) is 7.50. The molecule has 5 aromatic rings. The maximum atomic E-state index is 2.65. The molecule has 0 bridgehead atoms. The van der Waals surface area contributed by atoms with E-state index in [0.717, 1.165) is 32.7 Å². The van der Waals surface area contributed by atoms with Gasteiger partial charge in [0.25, 0.3) is 0 Å². The molecule has 0 fully saturated rings. The average Bonchev–Trinajstić information content (AvgIpc) is 3.47. The van der Waals surface area contributed by atoms with Crippen molar-refractivity contribution in [3.05, 3.63) is 166 Å². The molecule has 0 aliphatic heterocycles. The molecule has 1 heterocycles. The van der Waals surface area contributed by atoms with E-state index >= 15 is 0 Å². The van der Waals surface area contributed by atoms with Gasteiger partial charge in [0.15, 0.2) is 0 Å². The molecule has 0 amide bonds. The Bertz CT molecular complexity index is 1250. The number of benzene rings is 4.